The molecular weight excluding hydrogens is 390 g/mol. The van der Waals surface area contributed by atoms with E-state index in [0.29, 0.717) is 18.7 Å². The molecule has 1 aromatic heterocycles. The molecule has 0 aliphatic carbocycles. The second-order valence-corrected chi connectivity index (χ2v) is 7.88. The first-order valence-electron chi connectivity index (χ1n) is 9.49. The topological polar surface area (TPSA) is 96.5 Å². The molecular formula is C21H27N3O4S. The van der Waals surface area contributed by atoms with Gasteiger partial charge in [-0.3, -0.25) is 4.79 Å². The average molecular weight is 418 g/mol. The van der Waals surface area contributed by atoms with Crippen molar-refractivity contribution in [3.63, 3.8) is 0 Å². The van der Waals surface area contributed by atoms with Gasteiger partial charge in [-0.15, -0.1) is 11.3 Å². The third kappa shape index (κ3) is 7.95. The molecule has 29 heavy (non-hydrogen) atoms. The Kier molecular flexibility index (Phi) is 8.67. The minimum Gasteiger partial charge on any atom is -0.449 e. The maximum absolute atomic E-state index is 12.2. The van der Waals surface area contributed by atoms with E-state index in [4.69, 9.17) is 4.74 Å². The van der Waals surface area contributed by atoms with E-state index >= 15 is 0 Å². The third-order valence-corrected chi connectivity index (χ3v) is 4.90. The van der Waals surface area contributed by atoms with Crippen LogP contribution in [-0.2, 0) is 22.5 Å². The van der Waals surface area contributed by atoms with Gasteiger partial charge in [-0.1, -0.05) is 18.2 Å². The lowest BCUT2D eigenvalue weighted by Gasteiger charge is -2.14. The van der Waals surface area contributed by atoms with Crippen molar-refractivity contribution in [1.29, 1.82) is 0 Å². The summed E-state index contributed by atoms with van der Waals surface area (Å²) in [5, 5.41) is 10.2. The van der Waals surface area contributed by atoms with Gasteiger partial charge in [0.05, 0.1) is 5.56 Å². The van der Waals surface area contributed by atoms with Gasteiger partial charge in [-0.25, -0.2) is 9.59 Å². The fraction of sp³-hybridized carbons (Fsp3) is 0.381. The predicted octanol–water partition coefficient (Wildman–Crippen LogP) is 2.86. The minimum absolute atomic E-state index is 0.0574. The van der Waals surface area contributed by atoms with E-state index in [1.54, 1.807) is 42.5 Å². The van der Waals surface area contributed by atoms with Gasteiger partial charge in [0.25, 0.3) is 5.91 Å². The number of carbonyl (C=O) groups is 3. The van der Waals surface area contributed by atoms with Crippen molar-refractivity contribution >= 4 is 29.2 Å². The summed E-state index contributed by atoms with van der Waals surface area (Å²) in [6.07, 6.45) is -0.138. The third-order valence-electron chi connectivity index (χ3n) is 3.97. The van der Waals surface area contributed by atoms with Gasteiger partial charge in [-0.05, 0) is 56.3 Å². The first-order valence-corrected chi connectivity index (χ1v) is 10.4. The molecule has 2 rings (SSSR count). The van der Waals surface area contributed by atoms with Crippen LogP contribution in [0.1, 0.15) is 41.6 Å². The molecule has 1 atom stereocenters. The molecule has 2 aromatic rings. The molecule has 0 radical (unpaired) electrons. The van der Waals surface area contributed by atoms with Crippen molar-refractivity contribution in [1.82, 2.24) is 16.0 Å². The molecule has 1 aromatic carbocycles. The molecule has 0 spiro atoms. The zero-order valence-electron chi connectivity index (χ0n) is 16.9. The molecule has 3 N–H and O–H groups in total. The Hall–Kier alpha value is -2.87. The van der Waals surface area contributed by atoms with Crippen LogP contribution in [0.5, 0.6) is 0 Å². The second-order valence-electron chi connectivity index (χ2n) is 6.85. The van der Waals surface area contributed by atoms with Crippen LogP contribution in [0.15, 0.2) is 41.8 Å². The largest absolute Gasteiger partial charge is 0.449 e. The van der Waals surface area contributed by atoms with Crippen LogP contribution in [0.3, 0.4) is 0 Å². The van der Waals surface area contributed by atoms with E-state index in [-0.39, 0.29) is 18.0 Å². The van der Waals surface area contributed by atoms with Gasteiger partial charge < -0.3 is 20.7 Å². The van der Waals surface area contributed by atoms with Crippen LogP contribution in [0.4, 0.5) is 4.79 Å². The maximum atomic E-state index is 12.2. The van der Waals surface area contributed by atoms with E-state index in [9.17, 15) is 14.4 Å². The van der Waals surface area contributed by atoms with Crippen LogP contribution in [0, 0.1) is 0 Å². The highest BCUT2D eigenvalue weighted by molar-refractivity contribution is 7.09. The van der Waals surface area contributed by atoms with E-state index in [1.807, 2.05) is 31.4 Å². The van der Waals surface area contributed by atoms with Gasteiger partial charge in [0.1, 0.15) is 0 Å². The lowest BCUT2D eigenvalue weighted by molar-refractivity contribution is -0.129. The Morgan fingerprint density at radius 2 is 1.76 bits per heavy atom. The molecule has 156 valence electrons. The van der Waals surface area contributed by atoms with Crippen molar-refractivity contribution in [2.45, 2.75) is 45.9 Å². The summed E-state index contributed by atoms with van der Waals surface area (Å²) >= 11 is 1.64. The fourth-order valence-electron chi connectivity index (χ4n) is 2.44. The first kappa shape index (κ1) is 22.4. The summed E-state index contributed by atoms with van der Waals surface area (Å²) in [6, 6.07) is 10.5. The van der Waals surface area contributed by atoms with Gasteiger partial charge in [-0.2, -0.15) is 0 Å². The zero-order valence-corrected chi connectivity index (χ0v) is 17.7. The molecule has 3 amide bonds. The number of urea groups is 1. The Morgan fingerprint density at radius 3 is 2.38 bits per heavy atom. The number of amides is 3. The molecule has 0 aliphatic rings. The van der Waals surface area contributed by atoms with Crippen LogP contribution in [0.25, 0.3) is 0 Å². The lowest BCUT2D eigenvalue weighted by atomic mass is 10.1. The van der Waals surface area contributed by atoms with Crippen LogP contribution in [-0.4, -0.2) is 36.6 Å². The standard InChI is InChI=1S/C21H27N3O4S/c1-14(2)24-21(27)23-13-16-6-8-17(9-7-16)20(26)28-15(3)19(25)22-11-10-18-5-4-12-29-18/h4-9,12,14-15H,10-11,13H2,1-3H3,(H,22,25)(H2,23,24,27)/t15-/m1/s1. The number of benzene rings is 1. The monoisotopic (exact) mass is 417 g/mol. The Balaban J connectivity index is 1.75. The Morgan fingerprint density at radius 1 is 1.03 bits per heavy atom. The van der Waals surface area contributed by atoms with Crippen LogP contribution >= 0.6 is 11.3 Å². The normalized spacial score (nSPS) is 11.6. The summed E-state index contributed by atoms with van der Waals surface area (Å²) < 4.78 is 5.24. The van der Waals surface area contributed by atoms with Crippen molar-refractivity contribution in [3.05, 3.63) is 57.8 Å². The summed E-state index contributed by atoms with van der Waals surface area (Å²) in [6.45, 7) is 6.14. The quantitative estimate of drug-likeness (QED) is 0.547. The number of hydrogen-bond donors (Lipinski definition) is 3. The number of rotatable bonds is 9. The van der Waals surface area contributed by atoms with Crippen molar-refractivity contribution < 1.29 is 19.1 Å². The molecule has 1 heterocycles. The summed E-state index contributed by atoms with van der Waals surface area (Å²) in [4.78, 5) is 37.1. The van der Waals surface area contributed by atoms with Gasteiger partial charge in [0, 0.05) is 24.0 Å². The number of ether oxygens (including phenoxy) is 1. The van der Waals surface area contributed by atoms with E-state index in [1.165, 1.54) is 4.88 Å². The Labute approximate surface area is 174 Å². The smallest absolute Gasteiger partial charge is 0.338 e. The Bertz CT molecular complexity index is 804. The predicted molar refractivity (Wildman–Crippen MR) is 113 cm³/mol. The van der Waals surface area contributed by atoms with E-state index in [2.05, 4.69) is 16.0 Å². The molecule has 7 nitrogen and oxygen atoms in total. The average Bonchev–Trinajstić information content (AvgIpc) is 3.19. The maximum Gasteiger partial charge on any atom is 0.338 e. The highest BCUT2D eigenvalue weighted by Crippen LogP contribution is 2.09. The molecule has 0 fully saturated rings. The molecule has 8 heteroatoms. The summed E-state index contributed by atoms with van der Waals surface area (Å²) in [5.74, 6) is -0.894. The van der Waals surface area contributed by atoms with E-state index < -0.39 is 12.1 Å². The zero-order chi connectivity index (χ0) is 21.2. The molecule has 0 bridgehead atoms. The van der Waals surface area contributed by atoms with Crippen molar-refractivity contribution in [2.75, 3.05) is 6.54 Å². The SMILES string of the molecule is CC(C)NC(=O)NCc1ccc(C(=O)O[C@H](C)C(=O)NCCc2cccs2)cc1. The molecule has 0 aliphatic heterocycles. The number of hydrogen-bond acceptors (Lipinski definition) is 5. The lowest BCUT2D eigenvalue weighted by Crippen LogP contribution is -2.39. The number of nitrogens with one attached hydrogen (secondary N) is 3. The minimum atomic E-state index is -0.882. The molecule has 0 saturated carbocycles. The van der Waals surface area contributed by atoms with Crippen molar-refractivity contribution in [2.24, 2.45) is 0 Å². The van der Waals surface area contributed by atoms with Gasteiger partial charge in [0.2, 0.25) is 0 Å². The highest BCUT2D eigenvalue weighted by atomic mass is 32.1. The molecule has 0 unspecified atom stereocenters. The fourth-order valence-corrected chi connectivity index (χ4v) is 3.15. The summed E-state index contributed by atoms with van der Waals surface area (Å²) in [7, 11) is 0. The highest BCUT2D eigenvalue weighted by Gasteiger charge is 2.18. The second kappa shape index (κ2) is 11.2. The van der Waals surface area contributed by atoms with Crippen LogP contribution < -0.4 is 16.0 Å². The molecule has 0 saturated heterocycles. The number of carbonyl (C=O) groups excluding carboxylic acids is 3. The van der Waals surface area contributed by atoms with Gasteiger partial charge in [0.15, 0.2) is 6.10 Å². The number of esters is 1. The summed E-state index contributed by atoms with van der Waals surface area (Å²) in [5.41, 5.74) is 1.19. The van der Waals surface area contributed by atoms with Crippen molar-refractivity contribution in [3.8, 4) is 0 Å². The van der Waals surface area contributed by atoms with Gasteiger partial charge >= 0.3 is 12.0 Å². The van der Waals surface area contributed by atoms with E-state index in [0.717, 1.165) is 12.0 Å². The number of thiophene rings is 1. The van der Waals surface area contributed by atoms with Crippen LogP contribution in [0.2, 0.25) is 0 Å². The first-order chi connectivity index (χ1) is 13.8.